The number of anilines is 1. The van der Waals surface area contributed by atoms with Gasteiger partial charge in [-0.3, -0.25) is 5.73 Å². The number of nitrogens with two attached hydrogens (primary N) is 1. The first-order chi connectivity index (χ1) is 7.77. The lowest BCUT2D eigenvalue weighted by Gasteiger charge is -2.04. The van der Waals surface area contributed by atoms with Crippen LogP contribution >= 0.6 is 15.9 Å². The second-order valence-corrected chi connectivity index (χ2v) is 4.51. The molecule has 2 rings (SSSR count). The van der Waals surface area contributed by atoms with E-state index in [0.717, 1.165) is 23.3 Å². The van der Waals surface area contributed by atoms with E-state index < -0.39 is 0 Å². The molecule has 0 fully saturated rings. The van der Waals surface area contributed by atoms with E-state index >= 15 is 0 Å². The van der Waals surface area contributed by atoms with Crippen molar-refractivity contribution < 1.29 is 4.57 Å². The van der Waals surface area contributed by atoms with Crippen LogP contribution in [0.5, 0.6) is 0 Å². The average molecular weight is 278 g/mol. The molecule has 1 aromatic carbocycles. The van der Waals surface area contributed by atoms with Crippen molar-refractivity contribution in [2.45, 2.75) is 13.0 Å². The summed E-state index contributed by atoms with van der Waals surface area (Å²) in [5.74, 6) is 0.801. The minimum atomic E-state index is 0.801. The minimum absolute atomic E-state index is 0.801. The normalized spacial score (nSPS) is 10.3. The van der Waals surface area contributed by atoms with Crippen molar-refractivity contribution in [3.63, 3.8) is 0 Å². The summed E-state index contributed by atoms with van der Waals surface area (Å²) in [5, 5.41) is 0. The third-order valence-electron chi connectivity index (χ3n) is 2.56. The molecule has 0 aliphatic heterocycles. The summed E-state index contributed by atoms with van der Waals surface area (Å²) >= 11 is 3.55. The summed E-state index contributed by atoms with van der Waals surface area (Å²) in [5.41, 5.74) is 7.18. The monoisotopic (exact) mass is 277 g/mol. The Morgan fingerprint density at radius 1 is 1.06 bits per heavy atom. The zero-order chi connectivity index (χ0) is 11.4. The highest BCUT2D eigenvalue weighted by Gasteiger charge is 2.04. The molecule has 0 bridgehead atoms. The lowest BCUT2D eigenvalue weighted by Crippen LogP contribution is -2.37. The maximum absolute atomic E-state index is 5.87. The van der Waals surface area contributed by atoms with Crippen molar-refractivity contribution in [1.82, 2.24) is 0 Å². The number of hydrogen-bond donors (Lipinski definition) is 1. The van der Waals surface area contributed by atoms with E-state index in [1.807, 2.05) is 30.5 Å². The SMILES string of the molecule is Nc1cccc[n+]1CCc1ccccc1Br. The molecule has 0 atom stereocenters. The molecular weight excluding hydrogens is 264 g/mol. The molecule has 2 aromatic rings. The van der Waals surface area contributed by atoms with E-state index in [9.17, 15) is 0 Å². The summed E-state index contributed by atoms with van der Waals surface area (Å²) in [6.45, 7) is 0.898. The van der Waals surface area contributed by atoms with Crippen LogP contribution in [0.25, 0.3) is 0 Å². The molecule has 2 N–H and O–H groups in total. The maximum Gasteiger partial charge on any atom is 0.272 e. The molecule has 0 aliphatic carbocycles. The predicted molar refractivity (Wildman–Crippen MR) is 68.9 cm³/mol. The largest absolute Gasteiger partial charge is 0.287 e. The standard InChI is InChI=1S/C13H13BrN2/c14-12-6-2-1-5-11(12)8-10-16-9-4-3-7-13(16)15/h1-7,9,15H,8,10H2/p+1. The second kappa shape index (κ2) is 5.12. The first-order valence-corrected chi connectivity index (χ1v) is 6.04. The molecule has 0 radical (unpaired) electrons. The third-order valence-corrected chi connectivity index (χ3v) is 3.33. The van der Waals surface area contributed by atoms with Crippen LogP contribution in [0.3, 0.4) is 0 Å². The molecule has 0 saturated heterocycles. The van der Waals surface area contributed by atoms with E-state index in [2.05, 4.69) is 38.7 Å². The second-order valence-electron chi connectivity index (χ2n) is 3.66. The van der Waals surface area contributed by atoms with Crippen molar-refractivity contribution in [1.29, 1.82) is 0 Å². The smallest absolute Gasteiger partial charge is 0.272 e. The van der Waals surface area contributed by atoms with Crippen molar-refractivity contribution in [2.75, 3.05) is 5.73 Å². The Bertz CT molecular complexity index is 437. The molecule has 2 nitrogen and oxygen atoms in total. The molecule has 16 heavy (non-hydrogen) atoms. The van der Waals surface area contributed by atoms with E-state index in [1.54, 1.807) is 0 Å². The van der Waals surface area contributed by atoms with Gasteiger partial charge in [-0.15, -0.1) is 0 Å². The fourth-order valence-corrected chi connectivity index (χ4v) is 2.12. The molecule has 1 aromatic heterocycles. The van der Waals surface area contributed by atoms with Gasteiger partial charge in [-0.1, -0.05) is 40.2 Å². The van der Waals surface area contributed by atoms with Crippen LogP contribution in [-0.2, 0) is 13.0 Å². The number of pyridine rings is 1. The van der Waals surface area contributed by atoms with E-state index in [4.69, 9.17) is 5.73 Å². The lowest BCUT2D eigenvalue weighted by atomic mass is 10.1. The number of benzene rings is 1. The number of nitrogen functional groups attached to an aromatic ring is 1. The molecule has 0 spiro atoms. The van der Waals surface area contributed by atoms with Gasteiger partial charge in [0.25, 0.3) is 5.82 Å². The first kappa shape index (κ1) is 11.1. The van der Waals surface area contributed by atoms with E-state index in [-0.39, 0.29) is 0 Å². The number of nitrogens with zero attached hydrogens (tertiary/aromatic N) is 1. The maximum atomic E-state index is 5.87. The highest BCUT2D eigenvalue weighted by Crippen LogP contribution is 2.16. The van der Waals surface area contributed by atoms with Crippen molar-refractivity contribution in [3.05, 3.63) is 58.7 Å². The van der Waals surface area contributed by atoms with Gasteiger partial charge in [0, 0.05) is 17.0 Å². The number of aryl methyl sites for hydroxylation is 2. The average Bonchev–Trinajstić information content (AvgIpc) is 2.30. The minimum Gasteiger partial charge on any atom is -0.287 e. The molecule has 0 aliphatic rings. The quantitative estimate of drug-likeness (QED) is 0.859. The van der Waals surface area contributed by atoms with E-state index in [0.29, 0.717) is 0 Å². The molecule has 1 heterocycles. The Hall–Kier alpha value is -1.35. The summed E-state index contributed by atoms with van der Waals surface area (Å²) in [6.07, 6.45) is 2.98. The van der Waals surface area contributed by atoms with Gasteiger partial charge < -0.3 is 0 Å². The Morgan fingerprint density at radius 2 is 1.81 bits per heavy atom. The first-order valence-electron chi connectivity index (χ1n) is 5.25. The van der Waals surface area contributed by atoms with Crippen molar-refractivity contribution >= 4 is 21.7 Å². The van der Waals surface area contributed by atoms with Crippen molar-refractivity contribution in [2.24, 2.45) is 0 Å². The van der Waals surface area contributed by atoms with Gasteiger partial charge in [-0.05, 0) is 17.7 Å². The van der Waals surface area contributed by atoms with Crippen LogP contribution in [0.15, 0.2) is 53.1 Å². The molecule has 0 unspecified atom stereocenters. The van der Waals surface area contributed by atoms with Gasteiger partial charge >= 0.3 is 0 Å². The highest BCUT2D eigenvalue weighted by molar-refractivity contribution is 9.10. The van der Waals surface area contributed by atoms with Crippen LogP contribution < -0.4 is 10.3 Å². The number of hydrogen-bond acceptors (Lipinski definition) is 1. The van der Waals surface area contributed by atoms with Gasteiger partial charge in [0.15, 0.2) is 0 Å². The fraction of sp³-hybridized carbons (Fsp3) is 0.154. The summed E-state index contributed by atoms with van der Waals surface area (Å²) in [6, 6.07) is 14.1. The van der Waals surface area contributed by atoms with Crippen LogP contribution in [0.2, 0.25) is 0 Å². The molecule has 3 heteroatoms. The molecule has 0 amide bonds. The topological polar surface area (TPSA) is 29.9 Å². The van der Waals surface area contributed by atoms with Gasteiger partial charge in [0.1, 0.15) is 0 Å². The van der Waals surface area contributed by atoms with Crippen LogP contribution in [-0.4, -0.2) is 0 Å². The Morgan fingerprint density at radius 3 is 2.56 bits per heavy atom. The Kier molecular flexibility index (Phi) is 3.57. The lowest BCUT2D eigenvalue weighted by molar-refractivity contribution is -0.682. The zero-order valence-electron chi connectivity index (χ0n) is 8.94. The summed E-state index contributed by atoms with van der Waals surface area (Å²) in [4.78, 5) is 0. The van der Waals surface area contributed by atoms with Crippen LogP contribution in [0.1, 0.15) is 5.56 Å². The van der Waals surface area contributed by atoms with Gasteiger partial charge in [0.2, 0.25) is 0 Å². The molecule has 82 valence electrons. The predicted octanol–water partition coefficient (Wildman–Crippen LogP) is 2.56. The number of halogens is 1. The molecule has 0 saturated carbocycles. The number of aromatic nitrogens is 1. The molecular formula is C13H14BrN2+. The van der Waals surface area contributed by atoms with Gasteiger partial charge in [0.05, 0.1) is 12.7 Å². The summed E-state index contributed by atoms with van der Waals surface area (Å²) in [7, 11) is 0. The van der Waals surface area contributed by atoms with Crippen LogP contribution in [0, 0.1) is 0 Å². The Balaban J connectivity index is 2.09. The zero-order valence-corrected chi connectivity index (χ0v) is 10.5. The van der Waals surface area contributed by atoms with Crippen LogP contribution in [0.4, 0.5) is 5.82 Å². The van der Waals surface area contributed by atoms with Gasteiger partial charge in [-0.25, -0.2) is 4.57 Å². The highest BCUT2D eigenvalue weighted by atomic mass is 79.9. The number of rotatable bonds is 3. The van der Waals surface area contributed by atoms with E-state index in [1.165, 1.54) is 5.56 Å². The van der Waals surface area contributed by atoms with Crippen molar-refractivity contribution in [3.8, 4) is 0 Å². The fourth-order valence-electron chi connectivity index (χ4n) is 1.64. The van der Waals surface area contributed by atoms with Gasteiger partial charge in [-0.2, -0.15) is 0 Å². The summed E-state index contributed by atoms with van der Waals surface area (Å²) < 4.78 is 3.21. The third kappa shape index (κ3) is 2.61. The Labute approximate surface area is 104 Å².